The van der Waals surface area contributed by atoms with Gasteiger partial charge < -0.3 is 0 Å². The van der Waals surface area contributed by atoms with Crippen molar-refractivity contribution in [3.8, 4) is 0 Å². The van der Waals surface area contributed by atoms with Crippen molar-refractivity contribution in [2.45, 2.75) is 78.7 Å². The quantitative estimate of drug-likeness (QED) is 0.478. The van der Waals surface area contributed by atoms with Crippen molar-refractivity contribution in [2.75, 3.05) is 0 Å². The normalized spacial score (nSPS) is 13.2. The maximum atomic E-state index is 5.85. The summed E-state index contributed by atoms with van der Waals surface area (Å²) in [6.45, 7) is 11.4. The molecule has 0 spiro atoms. The summed E-state index contributed by atoms with van der Waals surface area (Å²) in [7, 11) is 0. The van der Waals surface area contributed by atoms with Gasteiger partial charge >= 0.3 is 0 Å². The minimum Gasteiger partial charge on any atom is -0.271 e. The third-order valence-corrected chi connectivity index (χ3v) is 4.58. The first kappa shape index (κ1) is 14.9. The molecule has 0 radical (unpaired) electrons. The van der Waals surface area contributed by atoms with Crippen LogP contribution in [0.5, 0.6) is 0 Å². The van der Waals surface area contributed by atoms with E-state index < -0.39 is 0 Å². The fourth-order valence-electron chi connectivity index (χ4n) is 3.36. The van der Waals surface area contributed by atoms with E-state index in [0.717, 1.165) is 12.8 Å². The molecule has 0 fully saturated rings. The molecule has 92 valence electrons. The van der Waals surface area contributed by atoms with Crippen molar-refractivity contribution in [1.82, 2.24) is 5.43 Å². The van der Waals surface area contributed by atoms with Gasteiger partial charge in [0.2, 0.25) is 0 Å². The highest BCUT2D eigenvalue weighted by molar-refractivity contribution is 5.00. The monoisotopic (exact) mass is 214 g/mol. The second-order valence-corrected chi connectivity index (χ2v) is 4.67. The van der Waals surface area contributed by atoms with Crippen LogP contribution in [0.4, 0.5) is 0 Å². The average Bonchev–Trinajstić information content (AvgIpc) is 2.30. The second-order valence-electron chi connectivity index (χ2n) is 4.67. The first-order valence-corrected chi connectivity index (χ1v) is 6.59. The SMILES string of the molecule is CCCC(CC)(CC)C(CC)(CC)NN. The molecular formula is C13H30N2. The molecule has 0 aliphatic heterocycles. The van der Waals surface area contributed by atoms with E-state index in [1.807, 2.05) is 0 Å². The van der Waals surface area contributed by atoms with E-state index in [1.54, 1.807) is 0 Å². The van der Waals surface area contributed by atoms with Crippen molar-refractivity contribution in [1.29, 1.82) is 0 Å². The van der Waals surface area contributed by atoms with Crippen LogP contribution < -0.4 is 11.3 Å². The minimum absolute atomic E-state index is 0.118. The highest BCUT2D eigenvalue weighted by atomic mass is 15.3. The molecule has 0 aromatic rings. The molecule has 0 atom stereocenters. The van der Waals surface area contributed by atoms with E-state index in [9.17, 15) is 0 Å². The molecule has 0 aromatic heterocycles. The lowest BCUT2D eigenvalue weighted by atomic mass is 9.61. The maximum Gasteiger partial charge on any atom is 0.0372 e. The molecule has 0 aliphatic rings. The number of nitrogens with two attached hydrogens (primary N) is 1. The summed E-state index contributed by atoms with van der Waals surface area (Å²) < 4.78 is 0. The van der Waals surface area contributed by atoms with Crippen LogP contribution in [-0.4, -0.2) is 5.54 Å². The fraction of sp³-hybridized carbons (Fsp3) is 1.00. The van der Waals surface area contributed by atoms with Crippen molar-refractivity contribution in [3.05, 3.63) is 0 Å². The zero-order valence-electron chi connectivity index (χ0n) is 11.3. The Morgan fingerprint density at radius 2 is 1.33 bits per heavy atom. The summed E-state index contributed by atoms with van der Waals surface area (Å²) >= 11 is 0. The van der Waals surface area contributed by atoms with Gasteiger partial charge in [0.1, 0.15) is 0 Å². The molecule has 0 saturated heterocycles. The smallest absolute Gasteiger partial charge is 0.0372 e. The van der Waals surface area contributed by atoms with Crippen molar-refractivity contribution in [3.63, 3.8) is 0 Å². The van der Waals surface area contributed by atoms with Gasteiger partial charge in [-0.15, -0.1) is 0 Å². The van der Waals surface area contributed by atoms with Crippen LogP contribution in [0, 0.1) is 5.41 Å². The van der Waals surface area contributed by atoms with Gasteiger partial charge in [-0.05, 0) is 37.5 Å². The lowest BCUT2D eigenvalue weighted by Gasteiger charge is -2.50. The number of hydrogen-bond donors (Lipinski definition) is 2. The largest absolute Gasteiger partial charge is 0.271 e. The average molecular weight is 214 g/mol. The van der Waals surface area contributed by atoms with Crippen LogP contribution in [0.15, 0.2) is 0 Å². The zero-order valence-corrected chi connectivity index (χ0v) is 11.3. The Hall–Kier alpha value is -0.0800. The van der Waals surface area contributed by atoms with Gasteiger partial charge in [0.15, 0.2) is 0 Å². The van der Waals surface area contributed by atoms with Gasteiger partial charge in [-0.1, -0.05) is 41.0 Å². The standard InChI is InChI=1S/C13H30N2/c1-6-11-12(7-2,8-3)13(9-4,10-5)15-14/h15H,6-11,14H2,1-5H3. The van der Waals surface area contributed by atoms with Crippen molar-refractivity contribution in [2.24, 2.45) is 11.3 Å². The predicted molar refractivity (Wildman–Crippen MR) is 68.6 cm³/mol. The van der Waals surface area contributed by atoms with E-state index in [-0.39, 0.29) is 5.54 Å². The topological polar surface area (TPSA) is 38.0 Å². The summed E-state index contributed by atoms with van der Waals surface area (Å²) in [6.07, 6.45) is 7.16. The molecule has 3 N–H and O–H groups in total. The molecule has 0 aromatic carbocycles. The summed E-state index contributed by atoms with van der Waals surface area (Å²) in [5.41, 5.74) is 3.62. The zero-order chi connectivity index (χ0) is 11.9. The van der Waals surface area contributed by atoms with Crippen LogP contribution >= 0.6 is 0 Å². The lowest BCUT2D eigenvalue weighted by Crippen LogP contribution is -2.60. The molecule has 0 aliphatic carbocycles. The molecule has 0 bridgehead atoms. The highest BCUT2D eigenvalue weighted by Gasteiger charge is 2.45. The summed E-state index contributed by atoms with van der Waals surface area (Å²) in [4.78, 5) is 0. The number of rotatable bonds is 8. The summed E-state index contributed by atoms with van der Waals surface area (Å²) in [6, 6.07) is 0. The van der Waals surface area contributed by atoms with Crippen LogP contribution in [0.1, 0.15) is 73.1 Å². The Morgan fingerprint density at radius 1 is 0.867 bits per heavy atom. The highest BCUT2D eigenvalue weighted by Crippen LogP contribution is 2.45. The van der Waals surface area contributed by atoms with Crippen molar-refractivity contribution < 1.29 is 0 Å². The first-order valence-electron chi connectivity index (χ1n) is 6.59. The molecular weight excluding hydrogens is 184 g/mol. The molecule has 0 saturated carbocycles. The Morgan fingerprint density at radius 3 is 1.53 bits per heavy atom. The first-order chi connectivity index (χ1) is 7.11. The van der Waals surface area contributed by atoms with Crippen LogP contribution in [0.25, 0.3) is 0 Å². The molecule has 2 heteroatoms. The molecule has 15 heavy (non-hydrogen) atoms. The molecule has 0 unspecified atom stereocenters. The van der Waals surface area contributed by atoms with Crippen LogP contribution in [0.3, 0.4) is 0 Å². The molecule has 0 heterocycles. The van der Waals surface area contributed by atoms with Gasteiger partial charge in [-0.3, -0.25) is 11.3 Å². The van der Waals surface area contributed by atoms with Crippen molar-refractivity contribution >= 4 is 0 Å². The van der Waals surface area contributed by atoms with E-state index in [1.165, 1.54) is 25.7 Å². The predicted octanol–water partition coefficient (Wildman–Crippen LogP) is 3.62. The Balaban J connectivity index is 5.13. The third-order valence-electron chi connectivity index (χ3n) is 4.58. The van der Waals surface area contributed by atoms with Gasteiger partial charge in [0.25, 0.3) is 0 Å². The molecule has 0 amide bonds. The van der Waals surface area contributed by atoms with Gasteiger partial charge in [-0.2, -0.15) is 0 Å². The minimum atomic E-state index is 0.118. The lowest BCUT2D eigenvalue weighted by molar-refractivity contribution is 0.0488. The Kier molecular flexibility index (Phi) is 6.46. The fourth-order valence-corrected chi connectivity index (χ4v) is 3.36. The second kappa shape index (κ2) is 6.49. The molecule has 2 nitrogen and oxygen atoms in total. The van der Waals surface area contributed by atoms with E-state index >= 15 is 0 Å². The van der Waals surface area contributed by atoms with E-state index in [2.05, 4.69) is 40.0 Å². The maximum absolute atomic E-state index is 5.85. The van der Waals surface area contributed by atoms with E-state index in [0.29, 0.717) is 5.41 Å². The Bertz CT molecular complexity index is 150. The van der Waals surface area contributed by atoms with Crippen LogP contribution in [0.2, 0.25) is 0 Å². The van der Waals surface area contributed by atoms with Gasteiger partial charge in [-0.25, -0.2) is 0 Å². The number of nitrogens with one attached hydrogen (secondary N) is 1. The number of hydrogen-bond acceptors (Lipinski definition) is 2. The third kappa shape index (κ3) is 2.54. The number of hydrazine groups is 1. The van der Waals surface area contributed by atoms with Gasteiger partial charge in [0.05, 0.1) is 0 Å². The Labute approximate surface area is 96.0 Å². The van der Waals surface area contributed by atoms with Crippen LogP contribution in [-0.2, 0) is 0 Å². The molecule has 0 rings (SSSR count). The van der Waals surface area contributed by atoms with Gasteiger partial charge in [0, 0.05) is 5.54 Å². The summed E-state index contributed by atoms with van der Waals surface area (Å²) in [5.74, 6) is 5.85. The summed E-state index contributed by atoms with van der Waals surface area (Å²) in [5, 5.41) is 0. The van der Waals surface area contributed by atoms with E-state index in [4.69, 9.17) is 5.84 Å².